The number of hydrogen-bond donors (Lipinski definition) is 1. The summed E-state index contributed by atoms with van der Waals surface area (Å²) in [5.74, 6) is 2.03. The van der Waals surface area contributed by atoms with Gasteiger partial charge in [0.1, 0.15) is 11.4 Å². The molecule has 1 atom stereocenters. The Morgan fingerprint density at radius 1 is 0.971 bits per heavy atom. The second kappa shape index (κ2) is 11.3. The van der Waals surface area contributed by atoms with Gasteiger partial charge in [-0.2, -0.15) is 5.10 Å². The fraction of sp³-hybridized carbons (Fsp3) is 0.407. The van der Waals surface area contributed by atoms with Crippen LogP contribution in [0.3, 0.4) is 0 Å². The number of nitrogens with zero attached hydrogens (tertiary/aromatic N) is 2. The van der Waals surface area contributed by atoms with Crippen LogP contribution in [0.25, 0.3) is 11.3 Å². The molecule has 1 N–H and O–H groups in total. The van der Waals surface area contributed by atoms with Crippen molar-refractivity contribution in [3.05, 3.63) is 59.3 Å². The van der Waals surface area contributed by atoms with Gasteiger partial charge in [0.25, 0.3) is 5.91 Å². The third-order valence-corrected chi connectivity index (χ3v) is 6.23. The highest BCUT2D eigenvalue weighted by Crippen LogP contribution is 2.44. The maximum Gasteiger partial charge on any atom is 0.273 e. The zero-order valence-corrected chi connectivity index (χ0v) is 20.8. The van der Waals surface area contributed by atoms with Crippen molar-refractivity contribution in [2.75, 3.05) is 41.1 Å². The van der Waals surface area contributed by atoms with Gasteiger partial charge in [0.2, 0.25) is 0 Å². The lowest BCUT2D eigenvalue weighted by Crippen LogP contribution is -2.31. The molecule has 1 unspecified atom stereocenters. The Kier molecular flexibility index (Phi) is 7.92. The molecular formula is C27H33N3O5. The summed E-state index contributed by atoms with van der Waals surface area (Å²) in [7, 11) is 4.94. The molecule has 0 saturated heterocycles. The number of rotatable bonds is 12. The molecule has 2 aromatic carbocycles. The van der Waals surface area contributed by atoms with E-state index in [1.807, 2.05) is 47.4 Å². The van der Waals surface area contributed by atoms with Crippen LogP contribution in [-0.4, -0.2) is 62.1 Å². The third-order valence-electron chi connectivity index (χ3n) is 6.23. The van der Waals surface area contributed by atoms with Crippen LogP contribution >= 0.6 is 0 Å². The number of methoxy groups -OCH3 is 3. The highest BCUT2D eigenvalue weighted by molar-refractivity contribution is 6.00. The van der Waals surface area contributed by atoms with E-state index in [9.17, 15) is 4.79 Å². The van der Waals surface area contributed by atoms with E-state index >= 15 is 0 Å². The molecule has 1 aromatic heterocycles. The molecule has 4 rings (SSSR count). The molecule has 35 heavy (non-hydrogen) atoms. The van der Waals surface area contributed by atoms with Crippen molar-refractivity contribution >= 4 is 5.91 Å². The first-order valence-electron chi connectivity index (χ1n) is 12.0. The predicted molar refractivity (Wildman–Crippen MR) is 133 cm³/mol. The number of aromatic amines is 1. The lowest BCUT2D eigenvalue weighted by molar-refractivity contribution is 0.0723. The molecule has 2 heterocycles. The van der Waals surface area contributed by atoms with Crippen molar-refractivity contribution in [2.45, 2.75) is 32.2 Å². The maximum atomic E-state index is 13.5. The minimum Gasteiger partial charge on any atom is -0.497 e. The highest BCUT2D eigenvalue weighted by atomic mass is 16.5. The number of fused-ring (bicyclic) bond motifs is 1. The fourth-order valence-corrected chi connectivity index (χ4v) is 4.42. The standard InChI is InChI=1S/C27H33N3O5/c1-5-6-16-35-21-13-10-19(17-22(21)34-4)26-23-24(18-8-11-20(33-3)12-9-18)28-29-25(23)27(31)30(26)14-7-15-32-2/h8-13,17,26H,5-7,14-16H2,1-4H3,(H,28,29). The van der Waals surface area contributed by atoms with Crippen LogP contribution in [0.4, 0.5) is 0 Å². The largest absolute Gasteiger partial charge is 0.497 e. The molecule has 0 saturated carbocycles. The first-order valence-corrected chi connectivity index (χ1v) is 12.0. The summed E-state index contributed by atoms with van der Waals surface area (Å²) in [6, 6.07) is 13.3. The van der Waals surface area contributed by atoms with Crippen LogP contribution in [0.2, 0.25) is 0 Å². The lowest BCUT2D eigenvalue weighted by atomic mass is 9.95. The molecule has 0 bridgehead atoms. The number of unbranched alkanes of at least 4 members (excludes halogenated alkanes) is 1. The Bertz CT molecular complexity index is 1140. The van der Waals surface area contributed by atoms with Crippen LogP contribution in [0.1, 0.15) is 53.8 Å². The molecule has 3 aromatic rings. The van der Waals surface area contributed by atoms with Crippen molar-refractivity contribution in [3.8, 4) is 28.5 Å². The van der Waals surface area contributed by atoms with Gasteiger partial charge < -0.3 is 23.8 Å². The number of carbonyl (C=O) groups excluding carboxylic acids is 1. The van der Waals surface area contributed by atoms with E-state index in [2.05, 4.69) is 17.1 Å². The van der Waals surface area contributed by atoms with E-state index in [0.717, 1.165) is 47.4 Å². The molecule has 1 aliphatic rings. The minimum atomic E-state index is -0.316. The molecule has 0 spiro atoms. The zero-order chi connectivity index (χ0) is 24.8. The minimum absolute atomic E-state index is 0.0735. The smallest absolute Gasteiger partial charge is 0.273 e. The van der Waals surface area contributed by atoms with Crippen LogP contribution < -0.4 is 14.2 Å². The number of carbonyl (C=O) groups is 1. The number of benzene rings is 2. The Labute approximate surface area is 206 Å². The van der Waals surface area contributed by atoms with Crippen molar-refractivity contribution in [2.24, 2.45) is 0 Å². The van der Waals surface area contributed by atoms with Crippen molar-refractivity contribution in [3.63, 3.8) is 0 Å². The number of ether oxygens (including phenoxy) is 4. The van der Waals surface area contributed by atoms with Gasteiger partial charge in [-0.15, -0.1) is 0 Å². The molecule has 186 valence electrons. The van der Waals surface area contributed by atoms with Gasteiger partial charge in [-0.1, -0.05) is 19.4 Å². The summed E-state index contributed by atoms with van der Waals surface area (Å²) in [6.07, 6.45) is 2.75. The van der Waals surface area contributed by atoms with E-state index < -0.39 is 0 Å². The molecule has 0 radical (unpaired) electrons. The number of nitrogens with one attached hydrogen (secondary N) is 1. The van der Waals surface area contributed by atoms with E-state index in [0.29, 0.717) is 37.0 Å². The van der Waals surface area contributed by atoms with Gasteiger partial charge in [0.05, 0.1) is 32.6 Å². The maximum absolute atomic E-state index is 13.5. The Morgan fingerprint density at radius 3 is 2.46 bits per heavy atom. The second-order valence-corrected chi connectivity index (χ2v) is 8.45. The van der Waals surface area contributed by atoms with Crippen molar-refractivity contribution < 1.29 is 23.7 Å². The van der Waals surface area contributed by atoms with E-state index in [1.165, 1.54) is 0 Å². The normalized spacial score (nSPS) is 14.8. The van der Waals surface area contributed by atoms with Gasteiger partial charge in [-0.05, 0) is 54.8 Å². The van der Waals surface area contributed by atoms with Gasteiger partial charge in [0.15, 0.2) is 11.5 Å². The van der Waals surface area contributed by atoms with Gasteiger partial charge in [-0.3, -0.25) is 9.89 Å². The van der Waals surface area contributed by atoms with Crippen LogP contribution in [0.5, 0.6) is 17.2 Å². The average Bonchev–Trinajstić information content (AvgIpc) is 3.43. The molecule has 0 fully saturated rings. The third kappa shape index (κ3) is 4.98. The summed E-state index contributed by atoms with van der Waals surface area (Å²) in [5, 5.41) is 7.53. The number of hydrogen-bond acceptors (Lipinski definition) is 6. The summed E-state index contributed by atoms with van der Waals surface area (Å²) in [6.45, 7) is 3.88. The van der Waals surface area contributed by atoms with Crippen molar-refractivity contribution in [1.29, 1.82) is 0 Å². The summed E-state index contributed by atoms with van der Waals surface area (Å²) in [5.41, 5.74) is 3.97. The van der Waals surface area contributed by atoms with E-state index in [-0.39, 0.29) is 11.9 Å². The van der Waals surface area contributed by atoms with E-state index in [1.54, 1.807) is 21.3 Å². The molecular weight excluding hydrogens is 446 g/mol. The SMILES string of the molecule is CCCCOc1ccc(C2c3c(-c4ccc(OC)cc4)n[nH]c3C(=O)N2CCCOC)cc1OC. The van der Waals surface area contributed by atoms with Crippen LogP contribution in [0.15, 0.2) is 42.5 Å². The lowest BCUT2D eigenvalue weighted by Gasteiger charge is -2.27. The Hall–Kier alpha value is -3.52. The monoisotopic (exact) mass is 479 g/mol. The second-order valence-electron chi connectivity index (χ2n) is 8.45. The molecule has 0 aliphatic carbocycles. The summed E-state index contributed by atoms with van der Waals surface area (Å²) < 4.78 is 22.1. The first kappa shape index (κ1) is 24.6. The van der Waals surface area contributed by atoms with Crippen LogP contribution in [-0.2, 0) is 4.74 Å². The fourth-order valence-electron chi connectivity index (χ4n) is 4.42. The van der Waals surface area contributed by atoms with E-state index in [4.69, 9.17) is 18.9 Å². The average molecular weight is 480 g/mol. The number of aromatic nitrogens is 2. The summed E-state index contributed by atoms with van der Waals surface area (Å²) >= 11 is 0. The molecule has 8 heteroatoms. The van der Waals surface area contributed by atoms with Gasteiger partial charge in [0, 0.05) is 31.4 Å². The topological polar surface area (TPSA) is 85.9 Å². The molecule has 1 aliphatic heterocycles. The summed E-state index contributed by atoms with van der Waals surface area (Å²) in [4.78, 5) is 15.3. The number of H-pyrrole nitrogens is 1. The zero-order valence-electron chi connectivity index (χ0n) is 20.8. The van der Waals surface area contributed by atoms with Crippen LogP contribution in [0, 0.1) is 0 Å². The molecule has 1 amide bonds. The number of amides is 1. The highest BCUT2D eigenvalue weighted by Gasteiger charge is 2.42. The first-order chi connectivity index (χ1) is 17.1. The Morgan fingerprint density at radius 2 is 1.77 bits per heavy atom. The Balaban J connectivity index is 1.76. The van der Waals surface area contributed by atoms with Gasteiger partial charge in [-0.25, -0.2) is 0 Å². The molecule has 8 nitrogen and oxygen atoms in total. The predicted octanol–water partition coefficient (Wildman–Crippen LogP) is 4.85. The van der Waals surface area contributed by atoms with Crippen molar-refractivity contribution in [1.82, 2.24) is 15.1 Å². The van der Waals surface area contributed by atoms with Gasteiger partial charge >= 0.3 is 0 Å². The quantitative estimate of drug-likeness (QED) is 0.374.